The minimum atomic E-state index is -0.990. The van der Waals surface area contributed by atoms with Gasteiger partial charge in [0, 0.05) is 17.1 Å². The van der Waals surface area contributed by atoms with Gasteiger partial charge in [-0.3, -0.25) is 14.4 Å². The van der Waals surface area contributed by atoms with Crippen LogP contribution in [0, 0.1) is 6.92 Å². The van der Waals surface area contributed by atoms with Crippen molar-refractivity contribution in [3.8, 4) is 0 Å². The van der Waals surface area contributed by atoms with E-state index in [4.69, 9.17) is 0 Å². The van der Waals surface area contributed by atoms with Crippen LogP contribution in [-0.4, -0.2) is 32.5 Å². The van der Waals surface area contributed by atoms with Crippen LogP contribution in [0.3, 0.4) is 0 Å². The Morgan fingerprint density at radius 1 is 1.03 bits per heavy atom. The zero-order valence-corrected chi connectivity index (χ0v) is 18.4. The van der Waals surface area contributed by atoms with E-state index in [1.807, 2.05) is 19.2 Å². The van der Waals surface area contributed by atoms with Crippen molar-refractivity contribution < 1.29 is 4.79 Å². The number of aryl methyl sites for hydroxylation is 1. The number of aromatic nitrogens is 3. The van der Waals surface area contributed by atoms with Gasteiger partial charge >= 0.3 is 5.69 Å². The summed E-state index contributed by atoms with van der Waals surface area (Å²) in [5, 5.41) is 4.01. The number of H-pyrrole nitrogens is 2. The van der Waals surface area contributed by atoms with E-state index in [9.17, 15) is 19.2 Å². The van der Waals surface area contributed by atoms with E-state index in [1.165, 1.54) is 17.8 Å². The molecule has 2 heterocycles. The molecule has 9 heteroatoms. The number of thioether (sulfide) groups is 1. The van der Waals surface area contributed by atoms with Gasteiger partial charge in [0.05, 0.1) is 16.4 Å². The van der Waals surface area contributed by atoms with E-state index in [0.717, 1.165) is 15.5 Å². The number of para-hydroxylation sites is 1. The summed E-state index contributed by atoms with van der Waals surface area (Å²) in [5.74, 6) is 0.109. The number of hydrogen-bond donors (Lipinski definition) is 3. The van der Waals surface area contributed by atoms with Crippen molar-refractivity contribution in [2.75, 3.05) is 17.3 Å². The molecule has 0 aliphatic heterocycles. The molecule has 1 unspecified atom stereocenters. The van der Waals surface area contributed by atoms with Crippen LogP contribution in [0.1, 0.15) is 18.0 Å². The van der Waals surface area contributed by atoms with Crippen LogP contribution in [0.5, 0.6) is 0 Å². The molecule has 0 saturated carbocycles. The van der Waals surface area contributed by atoms with Gasteiger partial charge in [0.2, 0.25) is 11.5 Å². The maximum absolute atomic E-state index is 13.2. The highest BCUT2D eigenvalue weighted by Crippen LogP contribution is 2.21. The molecule has 3 N–H and O–H groups in total. The fourth-order valence-corrected chi connectivity index (χ4v) is 4.26. The van der Waals surface area contributed by atoms with Crippen molar-refractivity contribution in [2.24, 2.45) is 0 Å². The number of aromatic amines is 2. The second-order valence-electron chi connectivity index (χ2n) is 7.51. The molecule has 1 atom stereocenters. The number of hydrogen-bond acceptors (Lipinski definition) is 5. The third-order valence-electron chi connectivity index (χ3n) is 5.36. The number of rotatable bonds is 6. The summed E-state index contributed by atoms with van der Waals surface area (Å²) in [6.45, 7) is 1.84. The second kappa shape index (κ2) is 8.88. The summed E-state index contributed by atoms with van der Waals surface area (Å²) in [6.07, 6.45) is 2.20. The van der Waals surface area contributed by atoms with Gasteiger partial charge in [-0.05, 0) is 55.2 Å². The summed E-state index contributed by atoms with van der Waals surface area (Å²) < 4.78 is 0.987. The molecule has 8 nitrogen and oxygen atoms in total. The van der Waals surface area contributed by atoms with Crippen molar-refractivity contribution in [2.45, 2.75) is 19.4 Å². The Balaban J connectivity index is 1.75. The predicted octanol–water partition coefficient (Wildman–Crippen LogP) is 2.77. The Labute approximate surface area is 186 Å². The van der Waals surface area contributed by atoms with E-state index in [1.54, 1.807) is 36.4 Å². The van der Waals surface area contributed by atoms with Crippen LogP contribution in [0.15, 0.2) is 62.9 Å². The number of carbonyl (C=O) groups is 1. The Hall–Kier alpha value is -3.59. The molecule has 4 rings (SSSR count). The topological polar surface area (TPSA) is 117 Å². The normalized spacial score (nSPS) is 12.2. The maximum atomic E-state index is 13.2. The molecule has 0 spiro atoms. The van der Waals surface area contributed by atoms with Crippen LogP contribution >= 0.6 is 11.8 Å². The number of carbonyl (C=O) groups excluding carboxylic acids is 1. The Morgan fingerprint density at radius 2 is 1.81 bits per heavy atom. The van der Waals surface area contributed by atoms with E-state index >= 15 is 0 Å². The number of amides is 1. The molecule has 1 amide bonds. The zero-order valence-electron chi connectivity index (χ0n) is 17.6. The van der Waals surface area contributed by atoms with Gasteiger partial charge < -0.3 is 15.3 Å². The van der Waals surface area contributed by atoms with Crippen molar-refractivity contribution in [3.05, 3.63) is 85.3 Å². The fraction of sp³-hybridized carbons (Fsp3) is 0.217. The molecule has 0 saturated heterocycles. The fourth-order valence-electron chi connectivity index (χ4n) is 3.80. The first-order valence-electron chi connectivity index (χ1n) is 10.1. The first-order valence-corrected chi connectivity index (χ1v) is 11.5. The van der Waals surface area contributed by atoms with Crippen LogP contribution < -0.4 is 22.1 Å². The first-order chi connectivity index (χ1) is 15.4. The molecule has 0 fully saturated rings. The predicted molar refractivity (Wildman–Crippen MR) is 129 cm³/mol. The molecule has 0 aliphatic rings. The minimum absolute atomic E-state index is 0.231. The van der Waals surface area contributed by atoms with Crippen LogP contribution in [0.25, 0.3) is 21.8 Å². The summed E-state index contributed by atoms with van der Waals surface area (Å²) in [4.78, 5) is 56.3. The molecule has 2 aromatic carbocycles. The quantitative estimate of drug-likeness (QED) is 0.418. The number of nitrogens with one attached hydrogen (secondary N) is 3. The molecule has 164 valence electrons. The minimum Gasteiger partial charge on any atom is -0.324 e. The highest BCUT2D eigenvalue weighted by Gasteiger charge is 2.25. The third-order valence-corrected chi connectivity index (χ3v) is 6.01. The average Bonchev–Trinajstić information content (AvgIpc) is 2.75. The monoisotopic (exact) mass is 450 g/mol. The van der Waals surface area contributed by atoms with E-state index < -0.39 is 23.2 Å². The van der Waals surface area contributed by atoms with E-state index in [-0.39, 0.29) is 5.56 Å². The molecular weight excluding hydrogens is 428 g/mol. The highest BCUT2D eigenvalue weighted by molar-refractivity contribution is 7.98. The summed E-state index contributed by atoms with van der Waals surface area (Å²) in [7, 11) is 0. The summed E-state index contributed by atoms with van der Waals surface area (Å²) in [6, 6.07) is 12.4. The lowest BCUT2D eigenvalue weighted by Crippen LogP contribution is -2.43. The van der Waals surface area contributed by atoms with Crippen molar-refractivity contribution in [1.29, 1.82) is 0 Å². The van der Waals surface area contributed by atoms with Crippen LogP contribution in [0.4, 0.5) is 5.69 Å². The van der Waals surface area contributed by atoms with Crippen LogP contribution in [0.2, 0.25) is 0 Å². The van der Waals surface area contributed by atoms with Crippen LogP contribution in [-0.2, 0) is 4.79 Å². The lowest BCUT2D eigenvalue weighted by molar-refractivity contribution is -0.119. The highest BCUT2D eigenvalue weighted by atomic mass is 32.2. The third kappa shape index (κ3) is 4.11. The van der Waals surface area contributed by atoms with Gasteiger partial charge in [0.25, 0.3) is 5.56 Å². The van der Waals surface area contributed by atoms with Gasteiger partial charge in [-0.2, -0.15) is 11.8 Å². The van der Waals surface area contributed by atoms with Gasteiger partial charge in [0.15, 0.2) is 0 Å². The number of anilines is 1. The van der Waals surface area contributed by atoms with Gasteiger partial charge in [-0.25, -0.2) is 9.36 Å². The average molecular weight is 451 g/mol. The number of nitrogens with zero attached hydrogens (tertiary/aromatic N) is 1. The molecule has 32 heavy (non-hydrogen) atoms. The Bertz CT molecular complexity index is 1500. The number of pyridine rings is 1. The van der Waals surface area contributed by atoms with Crippen molar-refractivity contribution in [1.82, 2.24) is 14.5 Å². The molecule has 0 aliphatic carbocycles. The smallest absolute Gasteiger partial charge is 0.324 e. The summed E-state index contributed by atoms with van der Waals surface area (Å²) >= 11 is 1.52. The number of benzene rings is 2. The zero-order chi connectivity index (χ0) is 22.8. The van der Waals surface area contributed by atoms with E-state index in [2.05, 4.69) is 15.3 Å². The standard InChI is InChI=1S/C23H22N4O4S/c1-13-11-20(28)25-18-12-14(7-8-15(13)18)24-21(29)19(9-10-32-2)27-22(30)16-5-3-4-6-17(16)26-23(27)31/h3-8,11-12,19H,9-10H2,1-2H3,(H,24,29)(H,25,28)(H,26,31). The van der Waals surface area contributed by atoms with E-state index in [0.29, 0.717) is 34.3 Å². The molecule has 0 radical (unpaired) electrons. The van der Waals surface area contributed by atoms with Gasteiger partial charge in [-0.1, -0.05) is 18.2 Å². The van der Waals surface area contributed by atoms with Crippen molar-refractivity contribution in [3.63, 3.8) is 0 Å². The molecule has 4 aromatic rings. The number of fused-ring (bicyclic) bond motifs is 2. The SMILES string of the molecule is CSCCC(C(=O)Nc1ccc2c(C)cc(=O)[nH]c2c1)n1c(=O)[nH]c2ccccc2c1=O. The molecular formula is C23H22N4O4S. The van der Waals surface area contributed by atoms with Gasteiger partial charge in [-0.15, -0.1) is 0 Å². The maximum Gasteiger partial charge on any atom is 0.329 e. The lowest BCUT2D eigenvalue weighted by Gasteiger charge is -2.19. The first kappa shape index (κ1) is 21.6. The van der Waals surface area contributed by atoms with Gasteiger partial charge in [0.1, 0.15) is 6.04 Å². The second-order valence-corrected chi connectivity index (χ2v) is 8.50. The Kier molecular flexibility index (Phi) is 6.00. The van der Waals surface area contributed by atoms with Crippen molar-refractivity contribution >= 4 is 45.2 Å². The Morgan fingerprint density at radius 3 is 2.59 bits per heavy atom. The molecule has 0 bridgehead atoms. The lowest BCUT2D eigenvalue weighted by atomic mass is 10.1. The largest absolute Gasteiger partial charge is 0.329 e. The summed E-state index contributed by atoms with van der Waals surface area (Å²) in [5.41, 5.74) is 0.936. The molecule has 2 aromatic heterocycles.